The van der Waals surface area contributed by atoms with Crippen LogP contribution in [0.1, 0.15) is 36.8 Å². The number of hydrogen-bond donors (Lipinski definition) is 0. The number of carbonyl (C=O) groups excluding carboxylic acids is 1. The van der Waals surface area contributed by atoms with Gasteiger partial charge >= 0.3 is 0 Å². The van der Waals surface area contributed by atoms with Gasteiger partial charge in [-0.25, -0.2) is 4.39 Å². The van der Waals surface area contributed by atoms with Crippen LogP contribution in [0.2, 0.25) is 0 Å². The van der Waals surface area contributed by atoms with Crippen LogP contribution in [0.4, 0.5) is 4.39 Å². The Morgan fingerprint density at radius 1 is 0.929 bits per heavy atom. The van der Waals surface area contributed by atoms with Gasteiger partial charge in [-0.2, -0.15) is 0 Å². The third-order valence-corrected chi connectivity index (χ3v) is 6.53. The summed E-state index contributed by atoms with van der Waals surface area (Å²) in [5, 5.41) is 0. The molecule has 2 aromatic carbocycles. The average Bonchev–Trinajstić information content (AvgIpc) is 2.73. The summed E-state index contributed by atoms with van der Waals surface area (Å²) in [6.07, 6.45) is 4.78. The van der Waals surface area contributed by atoms with E-state index in [4.69, 9.17) is 0 Å². The molecule has 2 saturated heterocycles. The Kier molecular flexibility index (Phi) is 5.77. The largest absolute Gasteiger partial charge is 0.342 e. The van der Waals surface area contributed by atoms with Gasteiger partial charge in [0, 0.05) is 31.6 Å². The summed E-state index contributed by atoms with van der Waals surface area (Å²) in [5.41, 5.74) is 2.31. The van der Waals surface area contributed by atoms with Crippen LogP contribution in [-0.2, 0) is 17.8 Å². The summed E-state index contributed by atoms with van der Waals surface area (Å²) in [6, 6.07) is 17.5. The lowest BCUT2D eigenvalue weighted by atomic mass is 9.72. The van der Waals surface area contributed by atoms with Crippen LogP contribution < -0.4 is 0 Å². The maximum Gasteiger partial charge on any atom is 0.222 e. The highest BCUT2D eigenvalue weighted by molar-refractivity contribution is 5.77. The van der Waals surface area contributed by atoms with E-state index in [2.05, 4.69) is 34.1 Å². The van der Waals surface area contributed by atoms with Crippen molar-refractivity contribution in [2.75, 3.05) is 26.2 Å². The van der Waals surface area contributed by atoms with Crippen molar-refractivity contribution in [2.45, 2.75) is 38.6 Å². The molecule has 2 aliphatic heterocycles. The predicted octanol–water partition coefficient (Wildman–Crippen LogP) is 4.27. The summed E-state index contributed by atoms with van der Waals surface area (Å²) in [4.78, 5) is 16.9. The Morgan fingerprint density at radius 2 is 1.64 bits per heavy atom. The van der Waals surface area contributed by atoms with Gasteiger partial charge in [-0.15, -0.1) is 0 Å². The van der Waals surface area contributed by atoms with E-state index in [-0.39, 0.29) is 11.2 Å². The molecule has 1 amide bonds. The Labute approximate surface area is 167 Å². The number of amides is 1. The van der Waals surface area contributed by atoms with E-state index in [1.165, 1.54) is 11.6 Å². The topological polar surface area (TPSA) is 23.6 Å². The first-order chi connectivity index (χ1) is 13.6. The Balaban J connectivity index is 1.32. The van der Waals surface area contributed by atoms with Crippen molar-refractivity contribution in [1.82, 2.24) is 9.80 Å². The lowest BCUT2D eigenvalue weighted by Crippen LogP contribution is -2.51. The molecule has 0 aromatic heterocycles. The van der Waals surface area contributed by atoms with Gasteiger partial charge < -0.3 is 4.90 Å². The van der Waals surface area contributed by atoms with Crippen LogP contribution >= 0.6 is 0 Å². The highest BCUT2D eigenvalue weighted by atomic mass is 19.1. The molecule has 0 radical (unpaired) electrons. The summed E-state index contributed by atoms with van der Waals surface area (Å²) >= 11 is 0. The molecule has 2 heterocycles. The van der Waals surface area contributed by atoms with E-state index in [9.17, 15) is 9.18 Å². The minimum atomic E-state index is -0.113. The van der Waals surface area contributed by atoms with Crippen molar-refractivity contribution in [3.8, 4) is 0 Å². The van der Waals surface area contributed by atoms with Gasteiger partial charge in [-0.3, -0.25) is 9.69 Å². The Morgan fingerprint density at radius 3 is 2.39 bits per heavy atom. The molecule has 3 nitrogen and oxygen atoms in total. The van der Waals surface area contributed by atoms with Crippen LogP contribution in [0, 0.1) is 11.2 Å². The van der Waals surface area contributed by atoms with Crippen LogP contribution in [0.5, 0.6) is 0 Å². The van der Waals surface area contributed by atoms with Crippen LogP contribution in [0.15, 0.2) is 54.6 Å². The summed E-state index contributed by atoms with van der Waals surface area (Å²) in [6.45, 7) is 4.33. The third-order valence-electron chi connectivity index (χ3n) is 6.53. The molecule has 4 rings (SSSR count). The lowest BCUT2D eigenvalue weighted by Gasteiger charge is -2.47. The van der Waals surface area contributed by atoms with E-state index < -0.39 is 0 Å². The minimum Gasteiger partial charge on any atom is -0.342 e. The molecule has 0 aliphatic carbocycles. The first kappa shape index (κ1) is 19.1. The molecule has 28 heavy (non-hydrogen) atoms. The molecular formula is C24H29FN2O. The average molecular weight is 381 g/mol. The Hall–Kier alpha value is -2.20. The van der Waals surface area contributed by atoms with Gasteiger partial charge in [-0.1, -0.05) is 48.5 Å². The van der Waals surface area contributed by atoms with Crippen molar-refractivity contribution in [3.63, 3.8) is 0 Å². The molecule has 0 saturated carbocycles. The molecule has 0 atom stereocenters. The van der Waals surface area contributed by atoms with Crippen LogP contribution in [0.3, 0.4) is 0 Å². The van der Waals surface area contributed by atoms with Gasteiger partial charge in [0.2, 0.25) is 5.91 Å². The molecule has 0 N–H and O–H groups in total. The number of rotatable bonds is 5. The number of likely N-dealkylation sites (tertiary alicyclic amines) is 2. The maximum absolute atomic E-state index is 13.9. The van der Waals surface area contributed by atoms with Crippen molar-refractivity contribution in [3.05, 3.63) is 71.5 Å². The fourth-order valence-electron chi connectivity index (χ4n) is 4.68. The second-order valence-electron chi connectivity index (χ2n) is 8.42. The van der Waals surface area contributed by atoms with E-state index in [0.717, 1.165) is 57.4 Å². The first-order valence-electron chi connectivity index (χ1n) is 10.4. The maximum atomic E-state index is 13.9. The molecule has 4 heteroatoms. The van der Waals surface area contributed by atoms with Crippen molar-refractivity contribution < 1.29 is 9.18 Å². The smallest absolute Gasteiger partial charge is 0.222 e. The summed E-state index contributed by atoms with van der Waals surface area (Å²) in [5.74, 6) is 0.188. The first-order valence-corrected chi connectivity index (χ1v) is 10.4. The van der Waals surface area contributed by atoms with E-state index in [1.54, 1.807) is 6.07 Å². The monoisotopic (exact) mass is 380 g/mol. The molecule has 0 unspecified atom stereocenters. The highest BCUT2D eigenvalue weighted by Gasteiger charge is 2.40. The van der Waals surface area contributed by atoms with Crippen molar-refractivity contribution >= 4 is 5.91 Å². The molecule has 2 fully saturated rings. The number of carbonyl (C=O) groups is 1. The van der Waals surface area contributed by atoms with Crippen LogP contribution in [0.25, 0.3) is 0 Å². The highest BCUT2D eigenvalue weighted by Crippen LogP contribution is 2.40. The molecule has 2 aromatic rings. The number of benzene rings is 2. The fraction of sp³-hybridized carbons (Fsp3) is 0.458. The zero-order valence-electron chi connectivity index (χ0n) is 16.4. The number of hydrogen-bond acceptors (Lipinski definition) is 2. The van der Waals surface area contributed by atoms with Gasteiger partial charge in [0.05, 0.1) is 0 Å². The van der Waals surface area contributed by atoms with E-state index in [0.29, 0.717) is 18.9 Å². The third kappa shape index (κ3) is 4.44. The van der Waals surface area contributed by atoms with Crippen molar-refractivity contribution in [1.29, 1.82) is 0 Å². The second-order valence-corrected chi connectivity index (χ2v) is 8.42. The van der Waals surface area contributed by atoms with Gasteiger partial charge in [-0.05, 0) is 55.8 Å². The van der Waals surface area contributed by atoms with Gasteiger partial charge in [0.25, 0.3) is 0 Å². The number of piperidine rings is 2. The summed E-state index contributed by atoms with van der Waals surface area (Å²) in [7, 11) is 0. The standard InChI is InChI=1S/C24H29FN2O/c25-22-9-5-4-8-21(22)18-26-16-13-24(14-17-26)12-10-23(28)27(19-24)15-11-20-6-2-1-3-7-20/h1-9H,10-19H2. The molecule has 1 spiro atoms. The zero-order chi connectivity index (χ0) is 19.4. The van der Waals surface area contributed by atoms with E-state index in [1.807, 2.05) is 18.2 Å². The SMILES string of the molecule is O=C1CCC2(CCN(Cc3ccccc3F)CC2)CN1CCc1ccccc1. The lowest BCUT2D eigenvalue weighted by molar-refractivity contribution is -0.139. The minimum absolute atomic E-state index is 0.113. The Bertz CT molecular complexity index is 799. The molecule has 0 bridgehead atoms. The normalized spacial score (nSPS) is 19.9. The van der Waals surface area contributed by atoms with Crippen molar-refractivity contribution in [2.24, 2.45) is 5.41 Å². The molecular weight excluding hydrogens is 351 g/mol. The van der Waals surface area contributed by atoms with E-state index >= 15 is 0 Å². The predicted molar refractivity (Wildman–Crippen MR) is 109 cm³/mol. The number of halogens is 1. The molecule has 2 aliphatic rings. The van der Waals surface area contributed by atoms with Crippen LogP contribution in [-0.4, -0.2) is 41.9 Å². The fourth-order valence-corrected chi connectivity index (χ4v) is 4.68. The van der Waals surface area contributed by atoms with Gasteiger partial charge in [0.15, 0.2) is 0 Å². The van der Waals surface area contributed by atoms with Gasteiger partial charge in [0.1, 0.15) is 5.82 Å². The second kappa shape index (κ2) is 8.44. The quantitative estimate of drug-likeness (QED) is 0.773. The molecule has 148 valence electrons. The summed E-state index contributed by atoms with van der Waals surface area (Å²) < 4.78 is 13.9. The zero-order valence-corrected chi connectivity index (χ0v) is 16.4. The number of nitrogens with zero attached hydrogens (tertiary/aromatic N) is 2.